The van der Waals surface area contributed by atoms with E-state index in [0.29, 0.717) is 98.4 Å². The van der Waals surface area contributed by atoms with Gasteiger partial charge in [-0.3, -0.25) is 9.59 Å². The average Bonchev–Trinajstić information content (AvgIpc) is 4.12. The third-order valence-corrected chi connectivity index (χ3v) is 14.5. The van der Waals surface area contributed by atoms with Crippen LogP contribution in [-0.4, -0.2) is 145 Å². The van der Waals surface area contributed by atoms with Gasteiger partial charge in [-0.1, -0.05) is 54.6 Å². The number of ether oxygens (including phenoxy) is 3. The number of aryl methyl sites for hydroxylation is 1. The van der Waals surface area contributed by atoms with Crippen molar-refractivity contribution in [2.75, 3.05) is 101 Å². The molecule has 4 aliphatic heterocycles. The van der Waals surface area contributed by atoms with Gasteiger partial charge in [0.1, 0.15) is 42.2 Å². The molecule has 4 aromatic carbocycles. The van der Waals surface area contributed by atoms with Crippen molar-refractivity contribution < 1.29 is 28.2 Å². The molecule has 0 spiro atoms. The molecule has 0 bridgehead atoms. The number of nitrogens with zero attached hydrogens (tertiary/aromatic N) is 10. The first kappa shape index (κ1) is 53.4. The highest BCUT2D eigenvalue weighted by molar-refractivity contribution is 6.31. The molecule has 0 saturated carbocycles. The zero-order valence-corrected chi connectivity index (χ0v) is 44.2. The molecule has 2 unspecified atom stereocenters. The highest BCUT2D eigenvalue weighted by Gasteiger charge is 2.34. The van der Waals surface area contributed by atoms with Gasteiger partial charge in [-0.05, 0) is 101 Å². The number of amides is 2. The van der Waals surface area contributed by atoms with Crippen molar-refractivity contribution in [3.63, 3.8) is 0 Å². The molecule has 6 heterocycles. The Labute approximate surface area is 447 Å². The second-order valence-corrected chi connectivity index (χ2v) is 20.2. The normalized spacial score (nSPS) is 18.6. The van der Waals surface area contributed by atoms with Crippen LogP contribution in [0.25, 0.3) is 21.7 Å². The summed E-state index contributed by atoms with van der Waals surface area (Å²) in [5.74, 6) is 0.909. The minimum atomic E-state index is -0.509. The van der Waals surface area contributed by atoms with Crippen molar-refractivity contribution in [2.45, 2.75) is 63.8 Å². The van der Waals surface area contributed by atoms with Crippen LogP contribution in [-0.2, 0) is 27.3 Å². The second kappa shape index (κ2) is 24.5. The predicted molar refractivity (Wildman–Crippen MR) is 295 cm³/mol. The lowest BCUT2D eigenvalue weighted by molar-refractivity contribution is -0.128. The number of rotatable bonds is 15. The van der Waals surface area contributed by atoms with E-state index >= 15 is 0 Å². The fourth-order valence-electron chi connectivity index (χ4n) is 10.2. The average molecular weight is 1050 g/mol. The van der Waals surface area contributed by atoms with E-state index in [1.165, 1.54) is 59.1 Å². The Morgan fingerprint density at radius 3 is 2.62 bits per heavy atom. The number of likely N-dealkylation sites (tertiary alicyclic amines) is 1. The molecule has 0 radical (unpaired) electrons. The number of hydrogen-bond acceptors (Lipinski definition) is 15. The Morgan fingerprint density at radius 2 is 1.87 bits per heavy atom. The lowest BCUT2D eigenvalue weighted by Crippen LogP contribution is -2.55. The Morgan fingerprint density at radius 1 is 1.03 bits per heavy atom. The summed E-state index contributed by atoms with van der Waals surface area (Å²) in [7, 11) is 5.98. The number of nitriles is 1. The number of benzene rings is 4. The van der Waals surface area contributed by atoms with E-state index in [0.717, 1.165) is 49.4 Å². The smallest absolute Gasteiger partial charge is 0.318 e. The van der Waals surface area contributed by atoms with Gasteiger partial charge in [-0.2, -0.15) is 15.2 Å². The standard InChI is InChI=1S/C33H39N7O2.C24H25ClFN5O3/c1-4-30(41)40-19-18-39(20-25(40)13-15-34)32-27-14-17-38(29-12-6-10-24-9-5-8-23(2)31(24)29)21-28(27)35-33(36-32)42-22-26-11-7-16-37(26)3;1-31(2)8-3-4-23(32)30-21-11-17-20(12-22(21)34-16-7-9-33-13-16)27-14-28-24(17)29-15-5-6-19(26)18(25)10-15/h4-6,8-10,12,25-26H,1,7,11,13-14,16-22H2,2-3H3;3-6,10-12,14,16H,7-9,13H2,1-2H3,(H,30,32)(H,27,28,29)/b;4-3+/t;16-/m.0/s1. The maximum Gasteiger partial charge on any atom is 0.318 e. The molecule has 2 amide bonds. The van der Waals surface area contributed by atoms with E-state index in [1.54, 1.807) is 29.2 Å². The summed E-state index contributed by atoms with van der Waals surface area (Å²) in [4.78, 5) is 54.5. The molecule has 17 nitrogen and oxygen atoms in total. The summed E-state index contributed by atoms with van der Waals surface area (Å²) >= 11 is 5.91. The zero-order valence-electron chi connectivity index (χ0n) is 43.5. The van der Waals surface area contributed by atoms with E-state index < -0.39 is 5.82 Å². The lowest BCUT2D eigenvalue weighted by atomic mass is 9.99. The minimum Gasteiger partial charge on any atom is -0.486 e. The number of carbonyl (C=O) groups is 2. The topological polar surface area (TPSA) is 177 Å². The van der Waals surface area contributed by atoms with E-state index in [4.69, 9.17) is 35.8 Å². The fraction of sp³-hybridized carbons (Fsp3) is 0.386. The van der Waals surface area contributed by atoms with E-state index in [1.807, 2.05) is 19.0 Å². The first-order valence-corrected chi connectivity index (χ1v) is 26.1. The summed E-state index contributed by atoms with van der Waals surface area (Å²) in [5, 5.41) is 18.7. The Hall–Kier alpha value is -7.43. The zero-order chi connectivity index (χ0) is 53.3. The van der Waals surface area contributed by atoms with Gasteiger partial charge in [-0.25, -0.2) is 14.4 Å². The number of halogens is 2. The molecule has 2 aromatic heterocycles. The van der Waals surface area contributed by atoms with Crippen LogP contribution in [0.2, 0.25) is 5.02 Å². The molecule has 0 aliphatic carbocycles. The predicted octanol–water partition coefficient (Wildman–Crippen LogP) is 8.48. The highest BCUT2D eigenvalue weighted by Crippen LogP contribution is 2.38. The number of hydrogen-bond donors (Lipinski definition) is 2. The van der Waals surface area contributed by atoms with Crippen LogP contribution in [0.5, 0.6) is 11.8 Å². The molecule has 10 rings (SSSR count). The number of fused-ring (bicyclic) bond motifs is 3. The Balaban J connectivity index is 0.000000190. The van der Waals surface area contributed by atoms with Crippen LogP contribution in [0.1, 0.15) is 42.5 Å². The highest BCUT2D eigenvalue weighted by atomic mass is 35.5. The maximum atomic E-state index is 13.6. The van der Waals surface area contributed by atoms with Gasteiger partial charge in [-0.15, -0.1) is 0 Å². The molecule has 3 saturated heterocycles. The maximum absolute atomic E-state index is 13.6. The second-order valence-electron chi connectivity index (χ2n) is 19.8. The number of likely N-dealkylation sites (N-methyl/N-ethyl adjacent to an activating group) is 2. The molecule has 3 fully saturated rings. The summed E-state index contributed by atoms with van der Waals surface area (Å²) < 4.78 is 31.4. The van der Waals surface area contributed by atoms with Gasteiger partial charge in [0.15, 0.2) is 0 Å². The van der Waals surface area contributed by atoms with Crippen molar-refractivity contribution >= 4 is 73.8 Å². The van der Waals surface area contributed by atoms with Gasteiger partial charge in [0.25, 0.3) is 0 Å². The Bertz CT molecular complexity index is 3160. The molecule has 396 valence electrons. The van der Waals surface area contributed by atoms with Gasteiger partial charge in [0.05, 0.1) is 60.2 Å². The first-order chi connectivity index (χ1) is 36.8. The number of anilines is 5. The largest absolute Gasteiger partial charge is 0.486 e. The molecule has 3 atom stereocenters. The third kappa shape index (κ3) is 12.6. The first-order valence-electron chi connectivity index (χ1n) is 25.7. The van der Waals surface area contributed by atoms with Crippen molar-refractivity contribution in [3.05, 3.63) is 126 Å². The van der Waals surface area contributed by atoms with Crippen molar-refractivity contribution in [1.29, 1.82) is 5.26 Å². The fourth-order valence-corrected chi connectivity index (χ4v) is 10.4. The van der Waals surface area contributed by atoms with Crippen molar-refractivity contribution in [3.8, 4) is 17.8 Å². The lowest BCUT2D eigenvalue weighted by Gasteiger charge is -2.42. The van der Waals surface area contributed by atoms with Crippen LogP contribution in [0.3, 0.4) is 0 Å². The van der Waals surface area contributed by atoms with Crippen LogP contribution >= 0.6 is 11.6 Å². The third-order valence-electron chi connectivity index (χ3n) is 14.2. The van der Waals surface area contributed by atoms with E-state index in [-0.39, 0.29) is 35.4 Å². The number of aromatic nitrogens is 4. The van der Waals surface area contributed by atoms with Crippen molar-refractivity contribution in [2.24, 2.45) is 0 Å². The molecular formula is C57H64ClFN12O5. The molecule has 2 N–H and O–H groups in total. The quantitative estimate of drug-likeness (QED) is 0.0936. The van der Waals surface area contributed by atoms with Gasteiger partial charge >= 0.3 is 6.01 Å². The van der Waals surface area contributed by atoms with Crippen LogP contribution < -0.4 is 29.9 Å². The molecule has 19 heteroatoms. The van der Waals surface area contributed by atoms with Gasteiger partial charge < -0.3 is 49.3 Å². The van der Waals surface area contributed by atoms with Crippen LogP contribution in [0.15, 0.2) is 97.9 Å². The van der Waals surface area contributed by atoms with Crippen LogP contribution in [0, 0.1) is 24.1 Å². The van der Waals surface area contributed by atoms with E-state index in [2.05, 4.69) is 98.3 Å². The van der Waals surface area contributed by atoms with Gasteiger partial charge in [0.2, 0.25) is 11.8 Å². The Kier molecular flexibility index (Phi) is 17.2. The molecule has 4 aliphatic rings. The van der Waals surface area contributed by atoms with Crippen LogP contribution in [0.4, 0.5) is 33.1 Å². The number of nitrogens with one attached hydrogen (secondary N) is 2. The summed E-state index contributed by atoms with van der Waals surface area (Å²) in [6, 6.07) is 23.6. The SMILES string of the molecule is C=CC(=O)N1CCN(c2nc(OCC3CCCN3C)nc3c2CCN(c2cccc4cccc(C)c24)C3)CC1CC#N.CN(C)C/C=C/C(=O)Nc1cc2c(Nc3ccc(F)c(Cl)c3)ncnc2cc1O[C@H]1CCOC1. The number of piperazine rings is 1. The summed E-state index contributed by atoms with van der Waals surface area (Å²) in [6.07, 6.45) is 10.00. The summed E-state index contributed by atoms with van der Waals surface area (Å²) in [6.45, 7) is 12.4. The number of carbonyl (C=O) groups excluding carboxylic acids is 2. The summed E-state index contributed by atoms with van der Waals surface area (Å²) in [5.41, 5.74) is 6.25. The van der Waals surface area contributed by atoms with Crippen molar-refractivity contribution in [1.82, 2.24) is 34.6 Å². The van der Waals surface area contributed by atoms with Gasteiger partial charge in [0, 0.05) is 85.0 Å². The van der Waals surface area contributed by atoms with E-state index in [9.17, 15) is 19.2 Å². The molecular weight excluding hydrogens is 987 g/mol. The molecule has 76 heavy (non-hydrogen) atoms. The molecule has 6 aromatic rings. The minimum absolute atomic E-state index is 0.00436. The monoisotopic (exact) mass is 1050 g/mol.